The molecule has 1 unspecified atom stereocenters. The number of aliphatic carboxylic acids is 1. The third-order valence-electron chi connectivity index (χ3n) is 2.50. The monoisotopic (exact) mass is 255 g/mol. The van der Waals surface area contributed by atoms with Crippen molar-refractivity contribution in [2.24, 2.45) is 0 Å². The molecule has 0 spiro atoms. The Morgan fingerprint density at radius 3 is 2.78 bits per heavy atom. The van der Waals surface area contributed by atoms with Crippen molar-refractivity contribution in [2.75, 3.05) is 6.54 Å². The zero-order valence-corrected chi connectivity index (χ0v) is 10.6. The molecule has 0 amide bonds. The Labute approximate surface area is 106 Å². The average Bonchev–Trinajstić information content (AvgIpc) is 2.34. The number of carbonyl (C=O) groups is 1. The standard InChI is InChI=1S/C13H18FNO3/c1-3-11(13(16)17)18-12-6-5-10(14)7-9(12)8-15-4-2/h5-7,11,15H,3-4,8H2,1-2H3,(H,16,17). The highest BCUT2D eigenvalue weighted by molar-refractivity contribution is 5.72. The van der Waals surface area contributed by atoms with E-state index in [4.69, 9.17) is 9.84 Å². The van der Waals surface area contributed by atoms with E-state index < -0.39 is 12.1 Å². The Bertz CT molecular complexity index is 409. The maximum atomic E-state index is 13.2. The second-order valence-electron chi connectivity index (χ2n) is 3.89. The molecule has 4 nitrogen and oxygen atoms in total. The first-order valence-corrected chi connectivity index (χ1v) is 5.97. The van der Waals surface area contributed by atoms with Crippen molar-refractivity contribution in [3.63, 3.8) is 0 Å². The molecule has 0 saturated heterocycles. The van der Waals surface area contributed by atoms with Crippen LogP contribution in [0.5, 0.6) is 5.75 Å². The molecule has 0 aromatic heterocycles. The molecule has 1 rings (SSSR count). The van der Waals surface area contributed by atoms with Gasteiger partial charge in [0.05, 0.1) is 0 Å². The fourth-order valence-corrected chi connectivity index (χ4v) is 1.52. The van der Waals surface area contributed by atoms with Crippen LogP contribution in [0.3, 0.4) is 0 Å². The lowest BCUT2D eigenvalue weighted by atomic mass is 10.2. The van der Waals surface area contributed by atoms with E-state index in [0.29, 0.717) is 24.3 Å². The summed E-state index contributed by atoms with van der Waals surface area (Å²) in [6.45, 7) is 4.85. The maximum absolute atomic E-state index is 13.2. The highest BCUT2D eigenvalue weighted by Crippen LogP contribution is 2.21. The number of carboxylic acid groups (broad SMARTS) is 1. The number of halogens is 1. The van der Waals surface area contributed by atoms with Gasteiger partial charge in [0, 0.05) is 12.1 Å². The summed E-state index contributed by atoms with van der Waals surface area (Å²) in [6, 6.07) is 4.08. The maximum Gasteiger partial charge on any atom is 0.344 e. The van der Waals surface area contributed by atoms with E-state index in [0.717, 1.165) is 6.54 Å². The number of rotatable bonds is 7. The lowest BCUT2D eigenvalue weighted by Gasteiger charge is -2.16. The van der Waals surface area contributed by atoms with Gasteiger partial charge >= 0.3 is 5.97 Å². The smallest absolute Gasteiger partial charge is 0.344 e. The first-order valence-electron chi connectivity index (χ1n) is 5.97. The molecule has 0 aliphatic heterocycles. The summed E-state index contributed by atoms with van der Waals surface area (Å²) in [5, 5.41) is 12.0. The molecule has 18 heavy (non-hydrogen) atoms. The average molecular weight is 255 g/mol. The van der Waals surface area contributed by atoms with Gasteiger partial charge in [-0.25, -0.2) is 9.18 Å². The first kappa shape index (κ1) is 14.4. The molecule has 1 atom stereocenters. The number of nitrogens with one attached hydrogen (secondary N) is 1. The zero-order chi connectivity index (χ0) is 13.5. The van der Waals surface area contributed by atoms with Crippen molar-refractivity contribution < 1.29 is 19.0 Å². The molecule has 2 N–H and O–H groups in total. The van der Waals surface area contributed by atoms with Crippen molar-refractivity contribution in [2.45, 2.75) is 32.9 Å². The molecule has 0 heterocycles. The molecular formula is C13H18FNO3. The van der Waals surface area contributed by atoms with Crippen molar-refractivity contribution >= 4 is 5.97 Å². The van der Waals surface area contributed by atoms with Crippen LogP contribution in [0, 0.1) is 5.82 Å². The van der Waals surface area contributed by atoms with Crippen molar-refractivity contribution in [1.29, 1.82) is 0 Å². The van der Waals surface area contributed by atoms with Gasteiger partial charge in [0.1, 0.15) is 11.6 Å². The molecule has 1 aromatic rings. The summed E-state index contributed by atoms with van der Waals surface area (Å²) in [4.78, 5) is 10.9. The van der Waals surface area contributed by atoms with Crippen molar-refractivity contribution in [3.05, 3.63) is 29.6 Å². The normalized spacial score (nSPS) is 12.2. The SMILES string of the molecule is CCNCc1cc(F)ccc1OC(CC)C(=O)O. The molecule has 0 fully saturated rings. The zero-order valence-electron chi connectivity index (χ0n) is 10.6. The van der Waals surface area contributed by atoms with Gasteiger partial charge in [-0.3, -0.25) is 0 Å². The van der Waals surface area contributed by atoms with Crippen LogP contribution in [0.2, 0.25) is 0 Å². The van der Waals surface area contributed by atoms with Crippen molar-refractivity contribution in [1.82, 2.24) is 5.32 Å². The minimum atomic E-state index is -1.02. The number of hydrogen-bond donors (Lipinski definition) is 2. The Hall–Kier alpha value is -1.62. The number of hydrogen-bond acceptors (Lipinski definition) is 3. The Kier molecular flexibility index (Phi) is 5.58. The van der Waals surface area contributed by atoms with E-state index in [-0.39, 0.29) is 5.82 Å². The Morgan fingerprint density at radius 1 is 1.50 bits per heavy atom. The summed E-state index contributed by atoms with van der Waals surface area (Å²) >= 11 is 0. The van der Waals surface area contributed by atoms with Crippen molar-refractivity contribution in [3.8, 4) is 5.75 Å². The third kappa shape index (κ3) is 4.00. The second-order valence-corrected chi connectivity index (χ2v) is 3.89. The van der Waals surface area contributed by atoms with Gasteiger partial charge in [0.2, 0.25) is 0 Å². The quantitative estimate of drug-likeness (QED) is 0.784. The lowest BCUT2D eigenvalue weighted by molar-refractivity contribution is -0.145. The lowest BCUT2D eigenvalue weighted by Crippen LogP contribution is -2.26. The minimum absolute atomic E-state index is 0.355. The van der Waals surface area contributed by atoms with Crippen LogP contribution in [0.15, 0.2) is 18.2 Å². The van der Waals surface area contributed by atoms with E-state index in [2.05, 4.69) is 5.32 Å². The first-order chi connectivity index (χ1) is 8.58. The van der Waals surface area contributed by atoms with Gasteiger partial charge in [0.15, 0.2) is 6.10 Å². The molecule has 1 aromatic carbocycles. The molecule has 100 valence electrons. The summed E-state index contributed by atoms with van der Waals surface area (Å²) < 4.78 is 18.6. The fourth-order valence-electron chi connectivity index (χ4n) is 1.52. The van der Waals surface area contributed by atoms with Crippen LogP contribution >= 0.6 is 0 Å². The van der Waals surface area contributed by atoms with Gasteiger partial charge in [-0.15, -0.1) is 0 Å². The summed E-state index contributed by atoms with van der Waals surface area (Å²) in [7, 11) is 0. The van der Waals surface area contributed by atoms with Crippen LogP contribution in [0.25, 0.3) is 0 Å². The molecule has 0 bridgehead atoms. The van der Waals surface area contributed by atoms with Crippen LogP contribution in [-0.2, 0) is 11.3 Å². The highest BCUT2D eigenvalue weighted by atomic mass is 19.1. The summed E-state index contributed by atoms with van der Waals surface area (Å²) in [6.07, 6.45) is -0.552. The largest absolute Gasteiger partial charge is 0.479 e. The molecule has 0 radical (unpaired) electrons. The van der Waals surface area contributed by atoms with Crippen LogP contribution in [0.4, 0.5) is 4.39 Å². The predicted molar refractivity (Wildman–Crippen MR) is 66.1 cm³/mol. The number of carboxylic acids is 1. The predicted octanol–water partition coefficient (Wildman–Crippen LogP) is 2.18. The van der Waals surface area contributed by atoms with Gasteiger partial charge in [-0.2, -0.15) is 0 Å². The molecular weight excluding hydrogens is 237 g/mol. The Balaban J connectivity index is 2.89. The second kappa shape index (κ2) is 6.96. The molecule has 5 heteroatoms. The summed E-state index contributed by atoms with van der Waals surface area (Å²) in [5.74, 6) is -0.971. The van der Waals surface area contributed by atoms with Gasteiger partial charge in [-0.05, 0) is 31.2 Å². The molecule has 0 aliphatic carbocycles. The summed E-state index contributed by atoms with van der Waals surface area (Å²) in [5.41, 5.74) is 0.622. The third-order valence-corrected chi connectivity index (χ3v) is 2.50. The van der Waals surface area contributed by atoms with Crippen LogP contribution in [0.1, 0.15) is 25.8 Å². The molecule has 0 aliphatic rings. The van der Waals surface area contributed by atoms with Crippen LogP contribution in [-0.4, -0.2) is 23.7 Å². The van der Waals surface area contributed by atoms with E-state index in [1.165, 1.54) is 18.2 Å². The Morgan fingerprint density at radius 2 is 2.22 bits per heavy atom. The topological polar surface area (TPSA) is 58.6 Å². The highest BCUT2D eigenvalue weighted by Gasteiger charge is 2.18. The molecule has 0 saturated carbocycles. The van der Waals surface area contributed by atoms with Gasteiger partial charge in [-0.1, -0.05) is 13.8 Å². The number of ether oxygens (including phenoxy) is 1. The number of benzene rings is 1. The van der Waals surface area contributed by atoms with E-state index in [9.17, 15) is 9.18 Å². The van der Waals surface area contributed by atoms with E-state index >= 15 is 0 Å². The van der Waals surface area contributed by atoms with E-state index in [1.807, 2.05) is 6.92 Å². The van der Waals surface area contributed by atoms with Crippen LogP contribution < -0.4 is 10.1 Å². The van der Waals surface area contributed by atoms with E-state index in [1.54, 1.807) is 6.92 Å². The van der Waals surface area contributed by atoms with Gasteiger partial charge < -0.3 is 15.2 Å². The fraction of sp³-hybridized carbons (Fsp3) is 0.462. The minimum Gasteiger partial charge on any atom is -0.479 e. The van der Waals surface area contributed by atoms with Gasteiger partial charge in [0.25, 0.3) is 0 Å².